The van der Waals surface area contributed by atoms with Crippen molar-refractivity contribution in [1.82, 2.24) is 19.9 Å². The van der Waals surface area contributed by atoms with E-state index < -0.39 is 0 Å². The van der Waals surface area contributed by atoms with Gasteiger partial charge in [-0.25, -0.2) is 15.0 Å². The van der Waals surface area contributed by atoms with Gasteiger partial charge in [-0.3, -0.25) is 9.78 Å². The van der Waals surface area contributed by atoms with Crippen LogP contribution in [0.25, 0.3) is 43.7 Å². The Hall–Kier alpha value is -2.99. The van der Waals surface area contributed by atoms with E-state index in [0.717, 1.165) is 32.6 Å². The SMILES string of the molecule is CSc1nc2nc3c4ccccc4c4ccccc4c3nc2c(=O)[nH]1. The minimum absolute atomic E-state index is 0.263. The molecule has 0 unspecified atom stereocenters. The predicted octanol–water partition coefficient (Wildman–Crippen LogP) is 3.89. The average Bonchev–Trinajstić information content (AvgIpc) is 2.67. The van der Waals surface area contributed by atoms with E-state index >= 15 is 0 Å². The quantitative estimate of drug-likeness (QED) is 0.216. The summed E-state index contributed by atoms with van der Waals surface area (Å²) in [5.74, 6) is 0. The van der Waals surface area contributed by atoms with Crippen molar-refractivity contribution in [2.24, 2.45) is 0 Å². The third kappa shape index (κ3) is 2.04. The Morgan fingerprint density at radius 3 is 1.92 bits per heavy atom. The first-order chi connectivity index (χ1) is 12.3. The summed E-state index contributed by atoms with van der Waals surface area (Å²) in [4.78, 5) is 28.9. The van der Waals surface area contributed by atoms with Crippen LogP contribution < -0.4 is 5.56 Å². The molecule has 0 radical (unpaired) electrons. The topological polar surface area (TPSA) is 71.5 Å². The molecule has 2 heterocycles. The van der Waals surface area contributed by atoms with Crippen molar-refractivity contribution in [3.05, 3.63) is 58.9 Å². The maximum absolute atomic E-state index is 12.4. The summed E-state index contributed by atoms with van der Waals surface area (Å²) in [7, 11) is 0. The molecule has 5 nitrogen and oxygen atoms in total. The molecule has 0 aliphatic carbocycles. The largest absolute Gasteiger partial charge is 0.299 e. The Kier molecular flexibility index (Phi) is 3.02. The van der Waals surface area contributed by atoms with Gasteiger partial charge < -0.3 is 0 Å². The van der Waals surface area contributed by atoms with E-state index in [-0.39, 0.29) is 11.1 Å². The van der Waals surface area contributed by atoms with E-state index in [4.69, 9.17) is 4.98 Å². The lowest BCUT2D eigenvalue weighted by atomic mass is 9.99. The number of fused-ring (bicyclic) bond motifs is 7. The number of aromatic nitrogens is 4. The first-order valence-corrected chi connectivity index (χ1v) is 9.04. The lowest BCUT2D eigenvalue weighted by Crippen LogP contribution is -2.12. The van der Waals surface area contributed by atoms with Gasteiger partial charge >= 0.3 is 0 Å². The molecular weight excluding hydrogens is 332 g/mol. The molecule has 5 rings (SSSR count). The molecule has 0 bridgehead atoms. The molecule has 0 fully saturated rings. The van der Waals surface area contributed by atoms with Crippen LogP contribution in [0.15, 0.2) is 58.5 Å². The highest BCUT2D eigenvalue weighted by Crippen LogP contribution is 2.33. The van der Waals surface area contributed by atoms with Gasteiger partial charge in [0.05, 0.1) is 11.0 Å². The van der Waals surface area contributed by atoms with Crippen LogP contribution in [0.3, 0.4) is 0 Å². The summed E-state index contributed by atoms with van der Waals surface area (Å²) in [6, 6.07) is 16.2. The second kappa shape index (κ2) is 5.26. The fourth-order valence-corrected chi connectivity index (χ4v) is 3.63. The molecule has 3 aromatic carbocycles. The van der Waals surface area contributed by atoms with E-state index in [2.05, 4.69) is 27.1 Å². The number of benzene rings is 3. The van der Waals surface area contributed by atoms with Crippen molar-refractivity contribution in [1.29, 1.82) is 0 Å². The van der Waals surface area contributed by atoms with Crippen LogP contribution in [0.4, 0.5) is 0 Å². The third-order valence-corrected chi connectivity index (χ3v) is 4.95. The highest BCUT2D eigenvalue weighted by Gasteiger charge is 2.14. The molecule has 0 amide bonds. The summed E-state index contributed by atoms with van der Waals surface area (Å²) in [5, 5.41) is 4.76. The van der Waals surface area contributed by atoms with Gasteiger partial charge in [0.25, 0.3) is 5.56 Å². The number of H-pyrrole nitrogens is 1. The van der Waals surface area contributed by atoms with E-state index in [1.54, 1.807) is 0 Å². The zero-order valence-corrected chi connectivity index (χ0v) is 14.1. The van der Waals surface area contributed by atoms with Gasteiger partial charge in [-0.05, 0) is 17.0 Å². The van der Waals surface area contributed by atoms with Gasteiger partial charge in [0.2, 0.25) is 0 Å². The highest BCUT2D eigenvalue weighted by molar-refractivity contribution is 7.98. The molecule has 2 aromatic heterocycles. The zero-order valence-electron chi connectivity index (χ0n) is 13.3. The minimum Gasteiger partial charge on any atom is -0.299 e. The van der Waals surface area contributed by atoms with Crippen molar-refractivity contribution in [2.45, 2.75) is 5.16 Å². The number of thioether (sulfide) groups is 1. The molecule has 0 aliphatic heterocycles. The van der Waals surface area contributed by atoms with Gasteiger partial charge in [0.1, 0.15) is 0 Å². The number of hydrogen-bond donors (Lipinski definition) is 1. The molecule has 0 spiro atoms. The first kappa shape index (κ1) is 14.4. The van der Waals surface area contributed by atoms with Crippen molar-refractivity contribution in [3.63, 3.8) is 0 Å². The Morgan fingerprint density at radius 1 is 0.760 bits per heavy atom. The second-order valence-electron chi connectivity index (χ2n) is 5.76. The Morgan fingerprint density at radius 2 is 1.32 bits per heavy atom. The van der Waals surface area contributed by atoms with E-state index in [1.165, 1.54) is 11.8 Å². The summed E-state index contributed by atoms with van der Waals surface area (Å²) in [6.45, 7) is 0. The Balaban J connectivity index is 2.11. The summed E-state index contributed by atoms with van der Waals surface area (Å²) < 4.78 is 0. The monoisotopic (exact) mass is 344 g/mol. The number of aromatic amines is 1. The lowest BCUT2D eigenvalue weighted by molar-refractivity contribution is 0.960. The van der Waals surface area contributed by atoms with Crippen molar-refractivity contribution in [2.75, 3.05) is 6.26 Å². The van der Waals surface area contributed by atoms with Crippen molar-refractivity contribution >= 4 is 55.5 Å². The van der Waals surface area contributed by atoms with Gasteiger partial charge in [-0.1, -0.05) is 60.3 Å². The second-order valence-corrected chi connectivity index (χ2v) is 6.55. The fraction of sp³-hybridized carbons (Fsp3) is 0.0526. The molecule has 0 aliphatic rings. The molecule has 5 aromatic rings. The number of nitrogens with zero attached hydrogens (tertiary/aromatic N) is 3. The summed E-state index contributed by atoms with van der Waals surface area (Å²) in [5.41, 5.74) is 1.88. The van der Waals surface area contributed by atoms with Gasteiger partial charge in [-0.15, -0.1) is 0 Å². The van der Waals surface area contributed by atoms with E-state index in [0.29, 0.717) is 10.8 Å². The van der Waals surface area contributed by atoms with E-state index in [9.17, 15) is 4.79 Å². The average molecular weight is 344 g/mol. The third-order valence-electron chi connectivity index (χ3n) is 4.37. The van der Waals surface area contributed by atoms with Crippen LogP contribution in [-0.4, -0.2) is 26.2 Å². The fourth-order valence-electron chi connectivity index (χ4n) is 3.26. The van der Waals surface area contributed by atoms with E-state index in [1.807, 2.05) is 42.7 Å². The van der Waals surface area contributed by atoms with Crippen LogP contribution in [-0.2, 0) is 0 Å². The van der Waals surface area contributed by atoms with Crippen LogP contribution in [0.5, 0.6) is 0 Å². The highest BCUT2D eigenvalue weighted by atomic mass is 32.2. The van der Waals surface area contributed by atoms with Crippen LogP contribution in [0.1, 0.15) is 0 Å². The predicted molar refractivity (Wildman–Crippen MR) is 102 cm³/mol. The molecule has 0 atom stereocenters. The normalized spacial score (nSPS) is 11.7. The summed E-state index contributed by atoms with van der Waals surface area (Å²) in [6.07, 6.45) is 1.86. The number of nitrogens with one attached hydrogen (secondary N) is 1. The van der Waals surface area contributed by atoms with Gasteiger partial charge in [0.15, 0.2) is 16.3 Å². The first-order valence-electron chi connectivity index (χ1n) is 7.81. The maximum atomic E-state index is 12.4. The Bertz CT molecular complexity index is 1360. The van der Waals surface area contributed by atoms with Gasteiger partial charge in [0, 0.05) is 10.8 Å². The molecule has 25 heavy (non-hydrogen) atoms. The Labute approximate surface area is 146 Å². The van der Waals surface area contributed by atoms with Crippen molar-refractivity contribution < 1.29 is 0 Å². The molecule has 0 saturated carbocycles. The van der Waals surface area contributed by atoms with Crippen molar-refractivity contribution in [3.8, 4) is 0 Å². The minimum atomic E-state index is -0.263. The maximum Gasteiger partial charge on any atom is 0.279 e. The summed E-state index contributed by atoms with van der Waals surface area (Å²) >= 11 is 1.37. The molecule has 120 valence electrons. The lowest BCUT2D eigenvalue weighted by Gasteiger charge is -2.09. The molecule has 0 saturated heterocycles. The van der Waals surface area contributed by atoms with Crippen LogP contribution in [0, 0.1) is 0 Å². The molecule has 1 N–H and O–H groups in total. The van der Waals surface area contributed by atoms with Gasteiger partial charge in [-0.2, -0.15) is 0 Å². The van der Waals surface area contributed by atoms with Crippen LogP contribution in [0.2, 0.25) is 0 Å². The number of rotatable bonds is 1. The smallest absolute Gasteiger partial charge is 0.279 e. The number of hydrogen-bond acceptors (Lipinski definition) is 5. The molecule has 6 heteroatoms. The zero-order chi connectivity index (χ0) is 17.0. The molecular formula is C19H12N4OS. The standard InChI is InChI=1S/C19H12N4OS/c1-25-19-22-17-16(18(24)23-19)20-14-12-8-4-2-6-10(12)11-7-3-5-9-13(11)15(14)21-17/h2-9H,1H3,(H,21,22,23,24). The van der Waals surface area contributed by atoms with Crippen LogP contribution >= 0.6 is 11.8 Å².